The number of carbonyl (C=O) groups excluding carboxylic acids is 2. The summed E-state index contributed by atoms with van der Waals surface area (Å²) in [6, 6.07) is 9.63. The Hall–Kier alpha value is -3.27. The molecule has 9 nitrogen and oxygen atoms in total. The molecule has 2 aromatic carbocycles. The van der Waals surface area contributed by atoms with E-state index in [1.807, 2.05) is 4.90 Å². The molecule has 2 amide bonds. The smallest absolute Gasteiger partial charge is 0.261 e. The molecule has 35 heavy (non-hydrogen) atoms. The lowest BCUT2D eigenvalue weighted by atomic mass is 9.99. The summed E-state index contributed by atoms with van der Waals surface area (Å²) in [7, 11) is -3.83. The van der Waals surface area contributed by atoms with Gasteiger partial charge in [0.15, 0.2) is 11.5 Å². The van der Waals surface area contributed by atoms with E-state index in [0.29, 0.717) is 41.8 Å². The molecule has 1 N–H and O–H groups in total. The molecule has 0 saturated carbocycles. The molecule has 2 aromatic rings. The Kier molecular flexibility index (Phi) is 6.31. The van der Waals surface area contributed by atoms with Gasteiger partial charge in [0.25, 0.3) is 10.0 Å². The van der Waals surface area contributed by atoms with E-state index < -0.39 is 10.0 Å². The summed E-state index contributed by atoms with van der Waals surface area (Å²) in [5, 5.41) is 0. The van der Waals surface area contributed by atoms with Crippen LogP contribution in [0, 0.1) is 5.92 Å². The number of amides is 2. The monoisotopic (exact) mass is 499 g/mol. The topological polar surface area (TPSA) is 105 Å². The van der Waals surface area contributed by atoms with E-state index in [0.717, 1.165) is 31.5 Å². The number of nitrogens with one attached hydrogen (secondary N) is 1. The van der Waals surface area contributed by atoms with Crippen molar-refractivity contribution in [1.82, 2.24) is 4.90 Å². The molecule has 0 unspecified atom stereocenters. The van der Waals surface area contributed by atoms with Gasteiger partial charge in [-0.05, 0) is 61.1 Å². The predicted molar refractivity (Wildman–Crippen MR) is 130 cm³/mol. The maximum atomic E-state index is 13.0. The van der Waals surface area contributed by atoms with E-state index >= 15 is 0 Å². The van der Waals surface area contributed by atoms with Crippen LogP contribution in [0.3, 0.4) is 0 Å². The third-order valence-electron chi connectivity index (χ3n) is 6.87. The van der Waals surface area contributed by atoms with Crippen LogP contribution in [0.1, 0.15) is 38.2 Å². The first kappa shape index (κ1) is 23.5. The summed E-state index contributed by atoms with van der Waals surface area (Å²) in [5.74, 6) is 1.61. The summed E-state index contributed by atoms with van der Waals surface area (Å²) < 4.78 is 39.1. The maximum absolute atomic E-state index is 13.0. The van der Waals surface area contributed by atoms with Gasteiger partial charge in [-0.2, -0.15) is 0 Å². The van der Waals surface area contributed by atoms with Crippen LogP contribution in [0.4, 0.5) is 11.4 Å². The highest BCUT2D eigenvalue weighted by molar-refractivity contribution is 7.92. The first-order chi connectivity index (χ1) is 16.8. The molecule has 3 aliphatic heterocycles. The van der Waals surface area contributed by atoms with Crippen LogP contribution >= 0.6 is 0 Å². The van der Waals surface area contributed by atoms with Gasteiger partial charge in [-0.3, -0.25) is 14.3 Å². The van der Waals surface area contributed by atoms with Crippen LogP contribution in [-0.4, -0.2) is 51.6 Å². The average Bonchev–Trinajstić information content (AvgIpc) is 3.48. The number of anilines is 2. The lowest BCUT2D eigenvalue weighted by molar-refractivity contribution is -0.134. The van der Waals surface area contributed by atoms with Crippen molar-refractivity contribution in [1.29, 1.82) is 0 Å². The Balaban J connectivity index is 1.22. The molecular weight excluding hydrogens is 470 g/mol. The highest BCUT2D eigenvalue weighted by Crippen LogP contribution is 2.36. The molecule has 0 aliphatic carbocycles. The molecule has 0 atom stereocenters. The highest BCUT2D eigenvalue weighted by atomic mass is 32.2. The van der Waals surface area contributed by atoms with E-state index in [1.165, 1.54) is 6.07 Å². The van der Waals surface area contributed by atoms with Crippen molar-refractivity contribution in [2.45, 2.75) is 43.9 Å². The van der Waals surface area contributed by atoms with Crippen LogP contribution < -0.4 is 19.1 Å². The second-order valence-corrected chi connectivity index (χ2v) is 11.0. The van der Waals surface area contributed by atoms with Gasteiger partial charge in [-0.1, -0.05) is 6.92 Å². The van der Waals surface area contributed by atoms with E-state index in [-0.39, 0.29) is 36.3 Å². The van der Waals surface area contributed by atoms with Crippen molar-refractivity contribution in [3.05, 3.63) is 42.0 Å². The maximum Gasteiger partial charge on any atom is 0.261 e. The van der Waals surface area contributed by atoms with Gasteiger partial charge >= 0.3 is 0 Å². The summed E-state index contributed by atoms with van der Waals surface area (Å²) in [6.45, 7) is 4.30. The van der Waals surface area contributed by atoms with Gasteiger partial charge in [-0.25, -0.2) is 8.42 Å². The average molecular weight is 500 g/mol. The second kappa shape index (κ2) is 9.41. The minimum Gasteiger partial charge on any atom is -0.454 e. The van der Waals surface area contributed by atoms with Crippen molar-refractivity contribution in [2.75, 3.05) is 36.0 Å². The first-order valence-corrected chi connectivity index (χ1v) is 13.4. The standard InChI is InChI=1S/C25H29N3O6S/c1-17-8-11-27(12-9-17)24(29)6-7-25(30)28-13-10-18-14-20(3-4-21(18)28)35(31,32)26-19-2-5-22-23(15-19)34-16-33-22/h2-5,14-15,17,26H,6-13,16H2,1H3. The number of hydrogen-bond donors (Lipinski definition) is 1. The highest BCUT2D eigenvalue weighted by Gasteiger charge is 2.28. The van der Waals surface area contributed by atoms with Gasteiger partial charge in [0, 0.05) is 44.2 Å². The van der Waals surface area contributed by atoms with Crippen molar-refractivity contribution < 1.29 is 27.5 Å². The molecule has 5 rings (SSSR count). The molecule has 186 valence electrons. The lowest BCUT2D eigenvalue weighted by Gasteiger charge is -2.30. The van der Waals surface area contributed by atoms with Crippen LogP contribution in [0.25, 0.3) is 0 Å². The number of carbonyl (C=O) groups is 2. The zero-order valence-corrected chi connectivity index (χ0v) is 20.5. The number of nitrogens with zero attached hydrogens (tertiary/aromatic N) is 2. The van der Waals surface area contributed by atoms with E-state index in [1.54, 1.807) is 35.2 Å². The lowest BCUT2D eigenvalue weighted by Crippen LogP contribution is -2.38. The van der Waals surface area contributed by atoms with E-state index in [9.17, 15) is 18.0 Å². The van der Waals surface area contributed by atoms with Crippen LogP contribution in [0.5, 0.6) is 11.5 Å². The van der Waals surface area contributed by atoms with Crippen molar-refractivity contribution in [3.63, 3.8) is 0 Å². The van der Waals surface area contributed by atoms with Crippen LogP contribution in [-0.2, 0) is 26.0 Å². The minimum absolute atomic E-state index is 0.0284. The first-order valence-electron chi connectivity index (χ1n) is 11.9. The largest absolute Gasteiger partial charge is 0.454 e. The normalized spacial score (nSPS) is 17.4. The molecular formula is C25H29N3O6S. The van der Waals surface area contributed by atoms with Gasteiger partial charge < -0.3 is 19.3 Å². The summed E-state index contributed by atoms with van der Waals surface area (Å²) in [4.78, 5) is 29.0. The van der Waals surface area contributed by atoms with Crippen molar-refractivity contribution >= 4 is 33.2 Å². The second-order valence-electron chi connectivity index (χ2n) is 9.32. The van der Waals surface area contributed by atoms with Gasteiger partial charge in [0.2, 0.25) is 18.6 Å². The molecule has 0 bridgehead atoms. The van der Waals surface area contributed by atoms with Gasteiger partial charge in [-0.15, -0.1) is 0 Å². The Morgan fingerprint density at radius 2 is 1.71 bits per heavy atom. The van der Waals surface area contributed by atoms with E-state index in [4.69, 9.17) is 9.47 Å². The third kappa shape index (κ3) is 4.93. The van der Waals surface area contributed by atoms with Gasteiger partial charge in [0.05, 0.1) is 10.6 Å². The molecule has 0 spiro atoms. The van der Waals surface area contributed by atoms with Gasteiger partial charge in [0.1, 0.15) is 0 Å². The molecule has 0 aromatic heterocycles. The Bertz CT molecular complexity index is 1250. The van der Waals surface area contributed by atoms with Crippen LogP contribution in [0.15, 0.2) is 41.3 Å². The molecule has 3 heterocycles. The SMILES string of the molecule is CC1CCN(C(=O)CCC(=O)N2CCc3cc(S(=O)(=O)Nc4ccc5c(c4)OCO5)ccc32)CC1. The molecule has 1 fully saturated rings. The molecule has 10 heteroatoms. The minimum atomic E-state index is -3.83. The molecule has 0 radical (unpaired) electrons. The summed E-state index contributed by atoms with van der Waals surface area (Å²) in [6.07, 6.45) is 2.93. The number of fused-ring (bicyclic) bond motifs is 2. The number of benzene rings is 2. The zero-order chi connectivity index (χ0) is 24.6. The number of rotatable bonds is 6. The summed E-state index contributed by atoms with van der Waals surface area (Å²) >= 11 is 0. The summed E-state index contributed by atoms with van der Waals surface area (Å²) in [5.41, 5.74) is 1.87. The fraction of sp³-hybridized carbons (Fsp3) is 0.440. The number of piperidine rings is 1. The third-order valence-corrected chi connectivity index (χ3v) is 8.25. The quantitative estimate of drug-likeness (QED) is 0.655. The Labute approximate surface area is 205 Å². The predicted octanol–water partition coefficient (Wildman–Crippen LogP) is 3.14. The zero-order valence-electron chi connectivity index (χ0n) is 19.7. The van der Waals surface area contributed by atoms with Crippen molar-refractivity contribution in [2.24, 2.45) is 5.92 Å². The molecule has 3 aliphatic rings. The van der Waals surface area contributed by atoms with Crippen molar-refractivity contribution in [3.8, 4) is 11.5 Å². The van der Waals surface area contributed by atoms with Crippen LogP contribution in [0.2, 0.25) is 0 Å². The number of hydrogen-bond acceptors (Lipinski definition) is 6. The Morgan fingerprint density at radius 1 is 0.971 bits per heavy atom. The number of likely N-dealkylation sites (tertiary alicyclic amines) is 1. The number of ether oxygens (including phenoxy) is 2. The molecule has 1 saturated heterocycles. The number of sulfonamides is 1. The Morgan fingerprint density at radius 3 is 2.51 bits per heavy atom. The van der Waals surface area contributed by atoms with E-state index in [2.05, 4.69) is 11.6 Å². The fourth-order valence-corrected chi connectivity index (χ4v) is 5.84. The fourth-order valence-electron chi connectivity index (χ4n) is 4.74.